The monoisotopic (exact) mass is 460 g/mol. The van der Waals surface area contributed by atoms with Crippen LogP contribution in [0.4, 0.5) is 0 Å². The summed E-state index contributed by atoms with van der Waals surface area (Å²) >= 11 is 5.97. The van der Waals surface area contributed by atoms with Gasteiger partial charge in [-0.2, -0.15) is 5.10 Å². The quantitative estimate of drug-likeness (QED) is 0.418. The number of aryl methyl sites for hydroxylation is 1. The first-order valence-corrected chi connectivity index (χ1v) is 11.5. The Hall–Kier alpha value is -3.38. The standard InChI is InChI=1S/C26H25ClN4O2/c1-17-4-8-19(9-5-17)23-14-24(30-29-23)26(32)31-12-2-3-20(16-31)25-28-15-22(33-25)13-18-6-10-21(27)11-7-18/h4-11,14-15,20H,2-3,12-13,16H2,1H3,(H,29,30)/t20-/m1/s1. The Kier molecular flexibility index (Phi) is 6.01. The largest absolute Gasteiger partial charge is 0.445 e. The number of H-pyrrole nitrogens is 1. The van der Waals surface area contributed by atoms with Gasteiger partial charge in [-0.3, -0.25) is 9.89 Å². The van der Waals surface area contributed by atoms with Crippen LogP contribution in [-0.2, 0) is 6.42 Å². The first-order chi connectivity index (χ1) is 16.0. The summed E-state index contributed by atoms with van der Waals surface area (Å²) in [5.41, 5.74) is 4.56. The van der Waals surface area contributed by atoms with Gasteiger partial charge < -0.3 is 9.32 Å². The number of carbonyl (C=O) groups excluding carboxylic acids is 1. The second-order valence-corrected chi connectivity index (χ2v) is 9.03. The van der Waals surface area contributed by atoms with Gasteiger partial charge in [0.2, 0.25) is 0 Å². The maximum atomic E-state index is 13.1. The number of hydrogen-bond donors (Lipinski definition) is 1. The van der Waals surface area contributed by atoms with Crippen LogP contribution in [0.2, 0.25) is 5.02 Å². The number of oxazole rings is 1. The molecule has 168 valence electrons. The molecule has 1 saturated heterocycles. The second kappa shape index (κ2) is 9.24. The molecular formula is C26H25ClN4O2. The van der Waals surface area contributed by atoms with Crippen LogP contribution < -0.4 is 0 Å². The normalized spacial score (nSPS) is 16.2. The van der Waals surface area contributed by atoms with Gasteiger partial charge in [-0.15, -0.1) is 0 Å². The number of piperidine rings is 1. The SMILES string of the molecule is Cc1ccc(-c2cc(C(=O)N3CCC[C@@H](c4ncc(Cc5ccc(Cl)cc5)o4)C3)[nH]n2)cc1. The molecule has 1 aliphatic rings. The van der Waals surface area contributed by atoms with Gasteiger partial charge in [-0.05, 0) is 43.5 Å². The zero-order valence-corrected chi connectivity index (χ0v) is 19.2. The topological polar surface area (TPSA) is 75.0 Å². The van der Waals surface area contributed by atoms with Crippen molar-refractivity contribution in [2.45, 2.75) is 32.1 Å². The number of carbonyl (C=O) groups is 1. The van der Waals surface area contributed by atoms with Crippen molar-refractivity contribution in [2.75, 3.05) is 13.1 Å². The van der Waals surface area contributed by atoms with Crippen LogP contribution in [0.3, 0.4) is 0 Å². The fraction of sp³-hybridized carbons (Fsp3) is 0.269. The minimum Gasteiger partial charge on any atom is -0.445 e. The lowest BCUT2D eigenvalue weighted by Crippen LogP contribution is -2.39. The van der Waals surface area contributed by atoms with Crippen LogP contribution in [0.1, 0.15) is 52.0 Å². The molecule has 6 nitrogen and oxygen atoms in total. The van der Waals surface area contributed by atoms with Crippen molar-refractivity contribution in [3.63, 3.8) is 0 Å². The number of halogens is 1. The number of likely N-dealkylation sites (tertiary alicyclic amines) is 1. The fourth-order valence-corrected chi connectivity index (χ4v) is 4.36. The maximum Gasteiger partial charge on any atom is 0.271 e. The number of nitrogens with zero attached hydrogens (tertiary/aromatic N) is 3. The second-order valence-electron chi connectivity index (χ2n) is 8.59. The van der Waals surface area contributed by atoms with E-state index in [4.69, 9.17) is 16.0 Å². The first-order valence-electron chi connectivity index (χ1n) is 11.2. The van der Waals surface area contributed by atoms with E-state index < -0.39 is 0 Å². The van der Waals surface area contributed by atoms with Crippen molar-refractivity contribution in [3.05, 3.63) is 94.3 Å². The summed E-state index contributed by atoms with van der Waals surface area (Å²) in [5.74, 6) is 1.55. The molecule has 0 aliphatic carbocycles. The molecule has 4 aromatic rings. The Bertz CT molecular complexity index is 1240. The minimum atomic E-state index is -0.0431. The minimum absolute atomic E-state index is 0.0431. The van der Waals surface area contributed by atoms with Crippen molar-refractivity contribution >= 4 is 17.5 Å². The van der Waals surface area contributed by atoms with E-state index in [2.05, 4.69) is 15.2 Å². The number of hydrogen-bond acceptors (Lipinski definition) is 4. The summed E-state index contributed by atoms with van der Waals surface area (Å²) in [6.07, 6.45) is 4.30. The molecule has 5 rings (SSSR count). The summed E-state index contributed by atoms with van der Waals surface area (Å²) in [4.78, 5) is 19.5. The highest BCUT2D eigenvalue weighted by molar-refractivity contribution is 6.30. The molecule has 0 unspecified atom stereocenters. The smallest absolute Gasteiger partial charge is 0.271 e. The van der Waals surface area contributed by atoms with Gasteiger partial charge in [0, 0.05) is 30.1 Å². The van der Waals surface area contributed by atoms with E-state index in [0.29, 0.717) is 36.1 Å². The Morgan fingerprint density at radius 1 is 1.18 bits per heavy atom. The zero-order chi connectivity index (χ0) is 22.8. The lowest BCUT2D eigenvalue weighted by atomic mass is 9.97. The summed E-state index contributed by atoms with van der Waals surface area (Å²) in [7, 11) is 0. The average molecular weight is 461 g/mol. The van der Waals surface area contributed by atoms with Gasteiger partial charge in [-0.1, -0.05) is 53.6 Å². The van der Waals surface area contributed by atoms with Gasteiger partial charge in [-0.25, -0.2) is 4.98 Å². The summed E-state index contributed by atoms with van der Waals surface area (Å²) in [5, 5.41) is 7.98. The summed E-state index contributed by atoms with van der Waals surface area (Å²) in [6.45, 7) is 3.34. The Morgan fingerprint density at radius 3 is 2.76 bits per heavy atom. The predicted octanol–water partition coefficient (Wildman–Crippen LogP) is 5.64. The Labute approximate surface area is 197 Å². The van der Waals surface area contributed by atoms with E-state index in [1.807, 2.05) is 66.4 Å². The molecule has 1 fully saturated rings. The van der Waals surface area contributed by atoms with Crippen LogP contribution in [0.25, 0.3) is 11.3 Å². The molecule has 0 bridgehead atoms. The molecule has 3 heterocycles. The highest BCUT2D eigenvalue weighted by Crippen LogP contribution is 2.28. The molecular weight excluding hydrogens is 436 g/mol. The van der Waals surface area contributed by atoms with E-state index in [1.165, 1.54) is 5.56 Å². The molecule has 0 saturated carbocycles. The molecule has 1 amide bonds. The predicted molar refractivity (Wildman–Crippen MR) is 127 cm³/mol. The molecule has 1 N–H and O–H groups in total. The van der Waals surface area contributed by atoms with E-state index >= 15 is 0 Å². The molecule has 0 radical (unpaired) electrons. The van der Waals surface area contributed by atoms with Crippen molar-refractivity contribution in [1.29, 1.82) is 0 Å². The number of benzene rings is 2. The molecule has 2 aromatic carbocycles. The molecule has 7 heteroatoms. The number of nitrogens with one attached hydrogen (secondary N) is 1. The highest BCUT2D eigenvalue weighted by atomic mass is 35.5. The molecule has 0 spiro atoms. The van der Waals surface area contributed by atoms with Crippen LogP contribution in [0.15, 0.2) is 65.2 Å². The lowest BCUT2D eigenvalue weighted by Gasteiger charge is -2.30. The molecule has 2 aromatic heterocycles. The Balaban J connectivity index is 1.25. The summed E-state index contributed by atoms with van der Waals surface area (Å²) < 4.78 is 6.06. The fourth-order valence-electron chi connectivity index (χ4n) is 4.23. The molecule has 33 heavy (non-hydrogen) atoms. The highest BCUT2D eigenvalue weighted by Gasteiger charge is 2.29. The van der Waals surface area contributed by atoms with Crippen LogP contribution in [0, 0.1) is 6.92 Å². The van der Waals surface area contributed by atoms with Gasteiger partial charge in [0.05, 0.1) is 17.8 Å². The summed E-state index contributed by atoms with van der Waals surface area (Å²) in [6, 6.07) is 17.7. The van der Waals surface area contributed by atoms with Gasteiger partial charge in [0.25, 0.3) is 5.91 Å². The van der Waals surface area contributed by atoms with Crippen LogP contribution in [0.5, 0.6) is 0 Å². The third-order valence-corrected chi connectivity index (χ3v) is 6.33. The number of aromatic amines is 1. The van der Waals surface area contributed by atoms with Gasteiger partial charge in [0.15, 0.2) is 5.89 Å². The molecule has 1 atom stereocenters. The van der Waals surface area contributed by atoms with Crippen molar-refractivity contribution in [3.8, 4) is 11.3 Å². The first kappa shape index (κ1) is 21.5. The number of rotatable bonds is 5. The van der Waals surface area contributed by atoms with E-state index in [9.17, 15) is 4.79 Å². The zero-order valence-electron chi connectivity index (χ0n) is 18.4. The van der Waals surface area contributed by atoms with Crippen LogP contribution >= 0.6 is 11.6 Å². The number of amides is 1. The van der Waals surface area contributed by atoms with E-state index in [1.54, 1.807) is 6.20 Å². The third-order valence-electron chi connectivity index (χ3n) is 6.08. The third kappa shape index (κ3) is 4.86. The Morgan fingerprint density at radius 2 is 1.97 bits per heavy atom. The van der Waals surface area contributed by atoms with E-state index in [0.717, 1.165) is 35.4 Å². The van der Waals surface area contributed by atoms with E-state index in [-0.39, 0.29) is 11.8 Å². The average Bonchev–Trinajstić information content (AvgIpc) is 3.51. The van der Waals surface area contributed by atoms with Crippen LogP contribution in [-0.4, -0.2) is 39.1 Å². The van der Waals surface area contributed by atoms with Gasteiger partial charge >= 0.3 is 0 Å². The van der Waals surface area contributed by atoms with Crippen molar-refractivity contribution in [2.24, 2.45) is 0 Å². The van der Waals surface area contributed by atoms with Gasteiger partial charge in [0.1, 0.15) is 11.5 Å². The lowest BCUT2D eigenvalue weighted by molar-refractivity contribution is 0.0692. The van der Waals surface area contributed by atoms with Crippen molar-refractivity contribution < 1.29 is 9.21 Å². The maximum absolute atomic E-state index is 13.1. The van der Waals surface area contributed by atoms with Crippen molar-refractivity contribution in [1.82, 2.24) is 20.1 Å². The number of aromatic nitrogens is 3. The molecule has 1 aliphatic heterocycles.